The molecule has 0 aliphatic rings. The van der Waals surface area contributed by atoms with Crippen LogP contribution in [0.1, 0.15) is 29.5 Å². The molecule has 0 aliphatic heterocycles. The molecule has 0 aliphatic carbocycles. The van der Waals surface area contributed by atoms with Gasteiger partial charge in [-0.1, -0.05) is 6.92 Å². The molecule has 2 aromatic rings. The minimum Gasteiger partial charge on any atom is -0.327 e. The number of nitrogens with zero attached hydrogens (tertiary/aromatic N) is 2. The van der Waals surface area contributed by atoms with Gasteiger partial charge in [0.1, 0.15) is 17.5 Å². The van der Waals surface area contributed by atoms with Crippen molar-refractivity contribution in [3.63, 3.8) is 0 Å². The van der Waals surface area contributed by atoms with E-state index in [1.54, 1.807) is 17.0 Å². The monoisotopic (exact) mass is 264 g/mol. The predicted octanol–water partition coefficient (Wildman–Crippen LogP) is 3.00. The Labute approximate surface area is 109 Å². The van der Waals surface area contributed by atoms with Crippen LogP contribution in [0.5, 0.6) is 0 Å². The molecule has 100 valence electrons. The number of hydrogen-bond acceptors (Lipinski definition) is 2. The van der Waals surface area contributed by atoms with Crippen molar-refractivity contribution in [2.75, 3.05) is 0 Å². The second kappa shape index (κ2) is 5.73. The maximum absolute atomic E-state index is 13.5. The van der Waals surface area contributed by atoms with Gasteiger partial charge in [-0.2, -0.15) is 0 Å². The van der Waals surface area contributed by atoms with Crippen LogP contribution in [0.3, 0.4) is 0 Å². The average Bonchev–Trinajstić information content (AvgIpc) is 2.80. The van der Waals surface area contributed by atoms with Crippen molar-refractivity contribution in [3.05, 3.63) is 53.6 Å². The molecular weight excluding hydrogens is 250 g/mol. The highest BCUT2D eigenvalue weighted by Crippen LogP contribution is 2.12. The van der Waals surface area contributed by atoms with Crippen molar-refractivity contribution < 1.29 is 13.6 Å². The van der Waals surface area contributed by atoms with Gasteiger partial charge in [0.05, 0.1) is 12.1 Å². The number of benzene rings is 1. The van der Waals surface area contributed by atoms with Gasteiger partial charge < -0.3 is 4.57 Å². The smallest absolute Gasteiger partial charge is 0.185 e. The SMILES string of the molecule is CCCc1nccn1CC(=O)c1cc(F)ccc1F. The number of carbonyl (C=O) groups is 1. The summed E-state index contributed by atoms with van der Waals surface area (Å²) < 4.78 is 28.2. The fourth-order valence-electron chi connectivity index (χ4n) is 1.89. The lowest BCUT2D eigenvalue weighted by molar-refractivity contribution is 0.0966. The minimum absolute atomic E-state index is 0.0320. The number of imidazole rings is 1. The lowest BCUT2D eigenvalue weighted by Gasteiger charge is -2.07. The van der Waals surface area contributed by atoms with Gasteiger partial charge in [-0.05, 0) is 24.6 Å². The van der Waals surface area contributed by atoms with Crippen LogP contribution in [0.4, 0.5) is 8.78 Å². The lowest BCUT2D eigenvalue weighted by atomic mass is 10.1. The maximum atomic E-state index is 13.5. The number of Topliss-reactive ketones (excluding diaryl/α,β-unsaturated/α-hetero) is 1. The zero-order valence-electron chi connectivity index (χ0n) is 10.6. The van der Waals surface area contributed by atoms with Crippen LogP contribution in [0.2, 0.25) is 0 Å². The first-order valence-corrected chi connectivity index (χ1v) is 6.10. The highest BCUT2D eigenvalue weighted by Gasteiger charge is 2.14. The van der Waals surface area contributed by atoms with Gasteiger partial charge in [-0.3, -0.25) is 4.79 Å². The van der Waals surface area contributed by atoms with Gasteiger partial charge in [0.25, 0.3) is 0 Å². The third-order valence-corrected chi connectivity index (χ3v) is 2.82. The molecule has 0 atom stereocenters. The zero-order chi connectivity index (χ0) is 13.8. The van der Waals surface area contributed by atoms with Gasteiger partial charge in [0, 0.05) is 18.8 Å². The van der Waals surface area contributed by atoms with E-state index < -0.39 is 17.4 Å². The molecule has 0 saturated carbocycles. The summed E-state index contributed by atoms with van der Waals surface area (Å²) in [7, 11) is 0. The van der Waals surface area contributed by atoms with Crippen molar-refractivity contribution in [2.24, 2.45) is 0 Å². The van der Waals surface area contributed by atoms with Crippen LogP contribution in [0.25, 0.3) is 0 Å². The Balaban J connectivity index is 2.21. The zero-order valence-corrected chi connectivity index (χ0v) is 10.6. The summed E-state index contributed by atoms with van der Waals surface area (Å²) in [5, 5.41) is 0. The molecule has 3 nitrogen and oxygen atoms in total. The third kappa shape index (κ3) is 3.05. The van der Waals surface area contributed by atoms with Gasteiger partial charge in [0.15, 0.2) is 5.78 Å². The Morgan fingerprint density at radius 1 is 1.37 bits per heavy atom. The quantitative estimate of drug-likeness (QED) is 0.778. The first-order chi connectivity index (χ1) is 9.11. The summed E-state index contributed by atoms with van der Waals surface area (Å²) in [4.78, 5) is 16.1. The van der Waals surface area contributed by atoms with E-state index in [9.17, 15) is 13.6 Å². The fourth-order valence-corrected chi connectivity index (χ4v) is 1.89. The molecule has 1 aromatic heterocycles. The topological polar surface area (TPSA) is 34.9 Å². The molecule has 0 N–H and O–H groups in total. The first kappa shape index (κ1) is 13.4. The van der Waals surface area contributed by atoms with E-state index in [0.717, 1.165) is 36.9 Å². The number of rotatable bonds is 5. The van der Waals surface area contributed by atoms with Crippen LogP contribution in [0, 0.1) is 11.6 Å². The molecule has 0 unspecified atom stereocenters. The predicted molar refractivity (Wildman–Crippen MR) is 66.9 cm³/mol. The van der Waals surface area contributed by atoms with Gasteiger partial charge >= 0.3 is 0 Å². The van der Waals surface area contributed by atoms with Crippen LogP contribution in [-0.2, 0) is 13.0 Å². The molecule has 0 radical (unpaired) electrons. The molecule has 2 rings (SSSR count). The molecule has 0 bridgehead atoms. The second-order valence-corrected chi connectivity index (χ2v) is 4.27. The van der Waals surface area contributed by atoms with Crippen LogP contribution < -0.4 is 0 Å². The van der Waals surface area contributed by atoms with E-state index in [1.165, 1.54) is 0 Å². The molecular formula is C14H14F2N2O. The van der Waals surface area contributed by atoms with E-state index in [1.807, 2.05) is 6.92 Å². The Hall–Kier alpha value is -2.04. The number of halogens is 2. The van der Waals surface area contributed by atoms with E-state index in [0.29, 0.717) is 0 Å². The van der Waals surface area contributed by atoms with Gasteiger partial charge in [0.2, 0.25) is 0 Å². The van der Waals surface area contributed by atoms with E-state index in [4.69, 9.17) is 0 Å². The van der Waals surface area contributed by atoms with E-state index >= 15 is 0 Å². The van der Waals surface area contributed by atoms with E-state index in [-0.39, 0.29) is 12.1 Å². The van der Waals surface area contributed by atoms with Crippen molar-refractivity contribution in [1.82, 2.24) is 9.55 Å². The molecule has 1 heterocycles. The summed E-state index contributed by atoms with van der Waals surface area (Å²) in [6, 6.07) is 2.88. The number of hydrogen-bond donors (Lipinski definition) is 0. The molecule has 5 heteroatoms. The van der Waals surface area contributed by atoms with Crippen molar-refractivity contribution in [3.8, 4) is 0 Å². The number of ketones is 1. The molecule has 0 amide bonds. The molecule has 0 saturated heterocycles. The number of aromatic nitrogens is 2. The lowest BCUT2D eigenvalue weighted by Crippen LogP contribution is -2.14. The molecule has 0 fully saturated rings. The van der Waals surface area contributed by atoms with Crippen molar-refractivity contribution in [1.29, 1.82) is 0 Å². The van der Waals surface area contributed by atoms with Crippen LogP contribution in [0.15, 0.2) is 30.6 Å². The van der Waals surface area contributed by atoms with Crippen molar-refractivity contribution >= 4 is 5.78 Å². The Kier molecular flexibility index (Phi) is 4.04. The summed E-state index contributed by atoms with van der Waals surface area (Å²) in [5.41, 5.74) is -0.226. The highest BCUT2D eigenvalue weighted by molar-refractivity contribution is 5.96. The summed E-state index contributed by atoms with van der Waals surface area (Å²) in [6.45, 7) is 1.97. The number of aryl methyl sites for hydroxylation is 1. The Morgan fingerprint density at radius 2 is 2.16 bits per heavy atom. The third-order valence-electron chi connectivity index (χ3n) is 2.82. The summed E-state index contributed by atoms with van der Waals surface area (Å²) in [5.74, 6) is -1.02. The normalized spacial score (nSPS) is 10.7. The average molecular weight is 264 g/mol. The maximum Gasteiger partial charge on any atom is 0.185 e. The largest absolute Gasteiger partial charge is 0.327 e. The van der Waals surface area contributed by atoms with Crippen molar-refractivity contribution in [2.45, 2.75) is 26.3 Å². The Bertz CT molecular complexity index is 593. The number of carbonyl (C=O) groups excluding carboxylic acids is 1. The molecule has 19 heavy (non-hydrogen) atoms. The van der Waals surface area contributed by atoms with Gasteiger partial charge in [-0.25, -0.2) is 13.8 Å². The van der Waals surface area contributed by atoms with Gasteiger partial charge in [-0.15, -0.1) is 0 Å². The second-order valence-electron chi connectivity index (χ2n) is 4.27. The minimum atomic E-state index is -0.705. The Morgan fingerprint density at radius 3 is 2.89 bits per heavy atom. The highest BCUT2D eigenvalue weighted by atomic mass is 19.1. The molecule has 0 spiro atoms. The first-order valence-electron chi connectivity index (χ1n) is 6.10. The fraction of sp³-hybridized carbons (Fsp3) is 0.286. The summed E-state index contributed by atoms with van der Waals surface area (Å²) in [6.07, 6.45) is 4.91. The summed E-state index contributed by atoms with van der Waals surface area (Å²) >= 11 is 0. The standard InChI is InChI=1S/C14H14F2N2O/c1-2-3-14-17-6-7-18(14)9-13(19)11-8-10(15)4-5-12(11)16/h4-8H,2-3,9H2,1H3. The van der Waals surface area contributed by atoms with Crippen LogP contribution in [-0.4, -0.2) is 15.3 Å². The van der Waals surface area contributed by atoms with E-state index in [2.05, 4.69) is 4.98 Å². The van der Waals surface area contributed by atoms with Crippen LogP contribution >= 0.6 is 0 Å². The molecule has 1 aromatic carbocycles.